The van der Waals surface area contributed by atoms with Gasteiger partial charge in [0.15, 0.2) is 5.65 Å². The molecule has 0 aliphatic carbocycles. The summed E-state index contributed by atoms with van der Waals surface area (Å²) in [6.45, 7) is 0.229. The fraction of sp³-hybridized carbons (Fsp3) is 0.143. The molecule has 0 unspecified atom stereocenters. The van der Waals surface area contributed by atoms with Crippen molar-refractivity contribution in [2.24, 2.45) is 5.73 Å². The summed E-state index contributed by atoms with van der Waals surface area (Å²) in [5.74, 6) is 0. The van der Waals surface area contributed by atoms with E-state index >= 15 is 0 Å². The van der Waals surface area contributed by atoms with Crippen LogP contribution < -0.4 is 11.3 Å². The summed E-state index contributed by atoms with van der Waals surface area (Å²) in [4.78, 5) is 15.4. The zero-order valence-electron chi connectivity index (χ0n) is 6.62. The van der Waals surface area contributed by atoms with Crippen molar-refractivity contribution in [2.75, 3.05) is 0 Å². The summed E-state index contributed by atoms with van der Waals surface area (Å²) in [6, 6.07) is 1.37. The third kappa shape index (κ3) is 1.22. The minimum atomic E-state index is -0.211. The molecule has 0 aliphatic heterocycles. The summed E-state index contributed by atoms with van der Waals surface area (Å²) >= 11 is 5.78. The first-order valence-electron chi connectivity index (χ1n) is 3.68. The Morgan fingerprint density at radius 3 is 3.15 bits per heavy atom. The molecule has 5 nitrogen and oxygen atoms in total. The van der Waals surface area contributed by atoms with Crippen LogP contribution in [0, 0.1) is 0 Å². The fourth-order valence-corrected chi connectivity index (χ4v) is 1.28. The Kier molecular flexibility index (Phi) is 1.82. The summed E-state index contributed by atoms with van der Waals surface area (Å²) in [5.41, 5.74) is 6.10. The van der Waals surface area contributed by atoms with Gasteiger partial charge in [-0.2, -0.15) is 0 Å². The van der Waals surface area contributed by atoms with E-state index in [1.165, 1.54) is 16.8 Å². The van der Waals surface area contributed by atoms with Crippen LogP contribution >= 0.6 is 11.6 Å². The zero-order valence-corrected chi connectivity index (χ0v) is 7.38. The van der Waals surface area contributed by atoms with E-state index in [-0.39, 0.29) is 12.1 Å². The normalized spacial score (nSPS) is 10.9. The maximum atomic E-state index is 11.3. The molecular weight excluding hydrogens is 192 g/mol. The van der Waals surface area contributed by atoms with Gasteiger partial charge in [0, 0.05) is 18.8 Å². The second-order valence-electron chi connectivity index (χ2n) is 2.57. The minimum Gasteiger partial charge on any atom is -0.325 e. The third-order valence-electron chi connectivity index (χ3n) is 1.71. The van der Waals surface area contributed by atoms with Crippen LogP contribution in [0.15, 0.2) is 17.1 Å². The monoisotopic (exact) mass is 198 g/mol. The number of halogens is 1. The Labute approximate surface area is 78.1 Å². The number of H-pyrrole nitrogens is 1. The van der Waals surface area contributed by atoms with Crippen LogP contribution in [0.4, 0.5) is 0 Å². The Hall–Kier alpha value is -1.33. The van der Waals surface area contributed by atoms with Gasteiger partial charge < -0.3 is 5.73 Å². The number of hydrogen-bond acceptors (Lipinski definition) is 3. The molecule has 2 aromatic heterocycles. The van der Waals surface area contributed by atoms with Crippen molar-refractivity contribution in [3.63, 3.8) is 0 Å². The van der Waals surface area contributed by atoms with Gasteiger partial charge in [-0.1, -0.05) is 11.6 Å². The molecule has 0 saturated heterocycles. The molecule has 0 radical (unpaired) electrons. The van der Waals surface area contributed by atoms with Crippen LogP contribution in [0.1, 0.15) is 5.69 Å². The van der Waals surface area contributed by atoms with Gasteiger partial charge in [-0.05, 0) is 0 Å². The van der Waals surface area contributed by atoms with E-state index in [4.69, 9.17) is 17.3 Å². The number of nitrogens with one attached hydrogen (secondary N) is 1. The van der Waals surface area contributed by atoms with Crippen molar-refractivity contribution in [1.29, 1.82) is 0 Å². The quantitative estimate of drug-likeness (QED) is 0.684. The lowest BCUT2D eigenvalue weighted by Crippen LogP contribution is -2.16. The molecule has 2 aromatic rings. The molecule has 3 N–H and O–H groups in total. The molecule has 2 rings (SSSR count). The van der Waals surface area contributed by atoms with Crippen LogP contribution in [0.5, 0.6) is 0 Å². The van der Waals surface area contributed by atoms with E-state index < -0.39 is 0 Å². The summed E-state index contributed by atoms with van der Waals surface area (Å²) in [5, 5.41) is 3.09. The average molecular weight is 199 g/mol. The highest BCUT2D eigenvalue weighted by atomic mass is 35.5. The lowest BCUT2D eigenvalue weighted by Gasteiger charge is -1.96. The highest BCUT2D eigenvalue weighted by molar-refractivity contribution is 6.33. The SMILES string of the molecule is NCc1cc(=O)n2[nH]cc(Cl)c2n1. The van der Waals surface area contributed by atoms with Crippen LogP contribution in [-0.4, -0.2) is 14.6 Å². The van der Waals surface area contributed by atoms with Gasteiger partial charge >= 0.3 is 0 Å². The number of nitrogens with zero attached hydrogens (tertiary/aromatic N) is 2. The second kappa shape index (κ2) is 2.86. The van der Waals surface area contributed by atoms with Gasteiger partial charge in [-0.3, -0.25) is 9.89 Å². The van der Waals surface area contributed by atoms with Crippen LogP contribution in [0.25, 0.3) is 5.65 Å². The molecule has 0 aliphatic rings. The predicted octanol–water partition coefficient (Wildman–Crippen LogP) is 0.135. The molecule has 6 heteroatoms. The molecule has 0 amide bonds. The molecule has 0 fully saturated rings. The molecule has 0 saturated carbocycles. The van der Waals surface area contributed by atoms with Crippen molar-refractivity contribution in [3.8, 4) is 0 Å². The Bertz CT molecular complexity index is 501. The standard InChI is InChI=1S/C7H7ClN4O/c8-5-3-10-12-6(13)1-4(2-9)11-7(5)12/h1,3,10H,2,9H2. The van der Waals surface area contributed by atoms with E-state index in [0.29, 0.717) is 16.4 Å². The predicted molar refractivity (Wildman–Crippen MR) is 48.7 cm³/mol. The number of hydrogen-bond donors (Lipinski definition) is 2. The molecule has 0 aromatic carbocycles. The van der Waals surface area contributed by atoms with Crippen molar-refractivity contribution >= 4 is 17.2 Å². The Balaban J connectivity index is 2.88. The molecule has 2 heterocycles. The molecule has 0 atom stereocenters. The van der Waals surface area contributed by atoms with Gasteiger partial charge in [0.05, 0.1) is 5.69 Å². The van der Waals surface area contributed by atoms with E-state index in [9.17, 15) is 4.79 Å². The Morgan fingerprint density at radius 2 is 2.46 bits per heavy atom. The largest absolute Gasteiger partial charge is 0.325 e. The Morgan fingerprint density at radius 1 is 1.69 bits per heavy atom. The van der Waals surface area contributed by atoms with Gasteiger partial charge in [0.25, 0.3) is 5.56 Å². The molecule has 0 bridgehead atoms. The van der Waals surface area contributed by atoms with Crippen molar-refractivity contribution in [2.45, 2.75) is 6.54 Å². The van der Waals surface area contributed by atoms with Gasteiger partial charge in [0.2, 0.25) is 0 Å². The maximum absolute atomic E-state index is 11.3. The fourth-order valence-electron chi connectivity index (χ4n) is 1.11. The van der Waals surface area contributed by atoms with Crippen molar-refractivity contribution in [1.82, 2.24) is 14.6 Å². The molecular formula is C7H7ClN4O. The highest BCUT2D eigenvalue weighted by Gasteiger charge is 2.05. The third-order valence-corrected chi connectivity index (χ3v) is 1.99. The topological polar surface area (TPSA) is 76.2 Å². The van der Waals surface area contributed by atoms with Gasteiger partial charge in [0.1, 0.15) is 5.02 Å². The average Bonchev–Trinajstić information content (AvgIpc) is 2.48. The summed E-state index contributed by atoms with van der Waals surface area (Å²) in [7, 11) is 0. The van der Waals surface area contributed by atoms with Gasteiger partial charge in [-0.15, -0.1) is 0 Å². The van der Waals surface area contributed by atoms with Crippen molar-refractivity contribution in [3.05, 3.63) is 33.3 Å². The number of rotatable bonds is 1. The van der Waals surface area contributed by atoms with Crippen LogP contribution in [0.3, 0.4) is 0 Å². The number of fused-ring (bicyclic) bond motifs is 1. The number of nitrogens with two attached hydrogens (primary N) is 1. The number of aromatic nitrogens is 3. The molecule has 68 valence electrons. The highest BCUT2D eigenvalue weighted by Crippen LogP contribution is 2.11. The first-order chi connectivity index (χ1) is 6.22. The summed E-state index contributed by atoms with van der Waals surface area (Å²) in [6.07, 6.45) is 1.51. The van der Waals surface area contributed by atoms with Crippen LogP contribution in [0.2, 0.25) is 5.02 Å². The first kappa shape index (κ1) is 8.28. The zero-order chi connectivity index (χ0) is 9.42. The van der Waals surface area contributed by atoms with Crippen LogP contribution in [-0.2, 0) is 6.54 Å². The molecule has 13 heavy (non-hydrogen) atoms. The van der Waals surface area contributed by atoms with E-state index in [1.807, 2.05) is 0 Å². The molecule has 0 spiro atoms. The summed E-state index contributed by atoms with van der Waals surface area (Å²) < 4.78 is 1.27. The first-order valence-corrected chi connectivity index (χ1v) is 4.06. The smallest absolute Gasteiger partial charge is 0.272 e. The van der Waals surface area contributed by atoms with E-state index in [0.717, 1.165) is 0 Å². The second-order valence-corrected chi connectivity index (χ2v) is 2.98. The number of aromatic amines is 1. The minimum absolute atomic E-state index is 0.211. The lowest BCUT2D eigenvalue weighted by atomic mass is 10.4. The van der Waals surface area contributed by atoms with Crippen molar-refractivity contribution < 1.29 is 0 Å². The van der Waals surface area contributed by atoms with Gasteiger partial charge in [-0.25, -0.2) is 9.50 Å². The lowest BCUT2D eigenvalue weighted by molar-refractivity contribution is 0.869. The maximum Gasteiger partial charge on any atom is 0.272 e. The van der Waals surface area contributed by atoms with E-state index in [2.05, 4.69) is 10.1 Å². The van der Waals surface area contributed by atoms with E-state index in [1.54, 1.807) is 0 Å².